The maximum Gasteiger partial charge on any atom is 0.220 e. The fraction of sp³-hybridized carbons (Fsp3) is 0.979. The fourth-order valence-corrected chi connectivity index (χ4v) is 7.75. The number of aliphatic hydroxyl groups excluding tert-OH is 3. The van der Waals surface area contributed by atoms with Crippen LogP contribution < -0.4 is 5.32 Å². The van der Waals surface area contributed by atoms with Crippen LogP contribution in [0.15, 0.2) is 0 Å². The van der Waals surface area contributed by atoms with Crippen LogP contribution in [0.4, 0.5) is 0 Å². The van der Waals surface area contributed by atoms with Crippen LogP contribution in [0.5, 0.6) is 0 Å². The third-order valence-electron chi connectivity index (χ3n) is 11.5. The van der Waals surface area contributed by atoms with E-state index in [-0.39, 0.29) is 12.5 Å². The number of hydrogen-bond donors (Lipinski definition) is 4. The van der Waals surface area contributed by atoms with Gasteiger partial charge in [0.2, 0.25) is 5.91 Å². The zero-order valence-electron chi connectivity index (χ0n) is 35.5. The first-order chi connectivity index (χ1) is 25.6. The van der Waals surface area contributed by atoms with E-state index in [0.717, 1.165) is 32.1 Å². The molecular formula is C47H95NO4. The lowest BCUT2D eigenvalue weighted by Crippen LogP contribution is -2.50. The highest BCUT2D eigenvalue weighted by atomic mass is 16.3. The van der Waals surface area contributed by atoms with Gasteiger partial charge in [-0.05, 0) is 12.8 Å². The van der Waals surface area contributed by atoms with Crippen molar-refractivity contribution in [3.63, 3.8) is 0 Å². The Balaban J connectivity index is 3.55. The molecule has 0 spiro atoms. The number of aliphatic hydroxyl groups is 3. The molecule has 0 aromatic heterocycles. The number of rotatable bonds is 44. The molecule has 0 aliphatic carbocycles. The summed E-state index contributed by atoms with van der Waals surface area (Å²) in [6.07, 6.45) is 49.3. The van der Waals surface area contributed by atoms with Crippen molar-refractivity contribution >= 4 is 5.91 Å². The van der Waals surface area contributed by atoms with Gasteiger partial charge < -0.3 is 20.6 Å². The van der Waals surface area contributed by atoms with Crippen molar-refractivity contribution < 1.29 is 20.1 Å². The number of carbonyl (C=O) groups excluding carboxylic acids is 1. The summed E-state index contributed by atoms with van der Waals surface area (Å²) in [5, 5.41) is 33.6. The molecular weight excluding hydrogens is 643 g/mol. The molecule has 3 unspecified atom stereocenters. The van der Waals surface area contributed by atoms with Crippen molar-refractivity contribution in [2.24, 2.45) is 0 Å². The summed E-state index contributed by atoms with van der Waals surface area (Å²) in [4.78, 5) is 12.5. The standard InChI is InChI=1S/C47H95NO4/c1-3-5-7-9-11-13-15-17-19-21-22-23-24-26-28-30-32-34-36-38-40-42-46(51)48-44(43-49)47(52)45(50)41-39-37-35-33-31-29-27-25-20-18-16-14-12-10-8-6-4-2/h44-45,47,49-50,52H,3-43H2,1-2H3,(H,48,51). The normalized spacial score (nSPS) is 13.4. The molecule has 0 rings (SSSR count). The second kappa shape index (κ2) is 43.1. The fourth-order valence-electron chi connectivity index (χ4n) is 7.75. The summed E-state index contributed by atoms with van der Waals surface area (Å²) in [5.41, 5.74) is 0. The molecule has 52 heavy (non-hydrogen) atoms. The average molecular weight is 738 g/mol. The van der Waals surface area contributed by atoms with Crippen molar-refractivity contribution in [2.45, 2.75) is 289 Å². The lowest BCUT2D eigenvalue weighted by atomic mass is 9.99. The molecule has 0 aromatic rings. The summed E-state index contributed by atoms with van der Waals surface area (Å²) in [6.45, 7) is 4.21. The summed E-state index contributed by atoms with van der Waals surface area (Å²) in [7, 11) is 0. The van der Waals surface area contributed by atoms with Crippen molar-refractivity contribution in [2.75, 3.05) is 6.61 Å². The van der Waals surface area contributed by atoms with E-state index in [9.17, 15) is 20.1 Å². The largest absolute Gasteiger partial charge is 0.394 e. The average Bonchev–Trinajstić information content (AvgIpc) is 3.15. The smallest absolute Gasteiger partial charge is 0.220 e. The van der Waals surface area contributed by atoms with Gasteiger partial charge in [-0.3, -0.25) is 4.79 Å². The Labute approximate surface area is 326 Å². The first-order valence-corrected chi connectivity index (χ1v) is 23.8. The van der Waals surface area contributed by atoms with Gasteiger partial charge in [-0.15, -0.1) is 0 Å². The molecule has 0 aromatic carbocycles. The monoisotopic (exact) mass is 738 g/mol. The number of carbonyl (C=O) groups is 1. The zero-order chi connectivity index (χ0) is 38.0. The molecule has 0 bridgehead atoms. The Hall–Kier alpha value is -0.650. The minimum Gasteiger partial charge on any atom is -0.394 e. The molecule has 1 amide bonds. The van der Waals surface area contributed by atoms with Gasteiger partial charge in [-0.25, -0.2) is 0 Å². The van der Waals surface area contributed by atoms with Crippen LogP contribution in [0, 0.1) is 0 Å². The first kappa shape index (κ1) is 51.4. The third-order valence-corrected chi connectivity index (χ3v) is 11.5. The van der Waals surface area contributed by atoms with Gasteiger partial charge in [-0.1, -0.05) is 251 Å². The van der Waals surface area contributed by atoms with Gasteiger partial charge in [0, 0.05) is 6.42 Å². The van der Waals surface area contributed by atoms with E-state index in [1.54, 1.807) is 0 Å². The first-order valence-electron chi connectivity index (χ1n) is 23.8. The van der Waals surface area contributed by atoms with Crippen LogP contribution in [0.25, 0.3) is 0 Å². The second-order valence-corrected chi connectivity index (χ2v) is 16.7. The summed E-state index contributed by atoms with van der Waals surface area (Å²) in [5.74, 6) is -0.138. The molecule has 0 aliphatic heterocycles. The molecule has 5 heteroatoms. The van der Waals surface area contributed by atoms with Crippen LogP contribution in [0.2, 0.25) is 0 Å². The Kier molecular flexibility index (Phi) is 42.5. The van der Waals surface area contributed by atoms with Crippen molar-refractivity contribution in [1.29, 1.82) is 0 Å². The molecule has 0 saturated carbocycles. The summed E-state index contributed by atoms with van der Waals surface area (Å²) >= 11 is 0. The molecule has 4 N–H and O–H groups in total. The van der Waals surface area contributed by atoms with Crippen molar-refractivity contribution in [3.05, 3.63) is 0 Å². The Bertz CT molecular complexity index is 688. The maximum atomic E-state index is 12.5. The van der Waals surface area contributed by atoms with Gasteiger partial charge in [0.1, 0.15) is 6.10 Å². The molecule has 312 valence electrons. The van der Waals surface area contributed by atoms with Crippen LogP contribution in [-0.2, 0) is 4.79 Å². The predicted octanol–water partition coefficient (Wildman–Crippen LogP) is 13.8. The van der Waals surface area contributed by atoms with Crippen LogP contribution in [0.3, 0.4) is 0 Å². The minimum absolute atomic E-state index is 0.138. The van der Waals surface area contributed by atoms with E-state index in [2.05, 4.69) is 19.2 Å². The van der Waals surface area contributed by atoms with Gasteiger partial charge in [-0.2, -0.15) is 0 Å². The Morgan fingerprint density at radius 1 is 0.404 bits per heavy atom. The maximum absolute atomic E-state index is 12.5. The highest BCUT2D eigenvalue weighted by molar-refractivity contribution is 5.76. The second-order valence-electron chi connectivity index (χ2n) is 16.7. The van der Waals surface area contributed by atoms with Gasteiger partial charge in [0.15, 0.2) is 0 Å². The quantitative estimate of drug-likeness (QED) is 0.0469. The summed E-state index contributed by atoms with van der Waals surface area (Å²) in [6, 6.07) is -0.803. The van der Waals surface area contributed by atoms with E-state index in [1.807, 2.05) is 0 Å². The molecule has 5 nitrogen and oxygen atoms in total. The van der Waals surface area contributed by atoms with Gasteiger partial charge in [0.05, 0.1) is 18.8 Å². The minimum atomic E-state index is -1.13. The van der Waals surface area contributed by atoms with Crippen LogP contribution in [-0.4, -0.2) is 46.1 Å². The van der Waals surface area contributed by atoms with Gasteiger partial charge >= 0.3 is 0 Å². The van der Waals surface area contributed by atoms with Gasteiger partial charge in [0.25, 0.3) is 0 Å². The number of amides is 1. The van der Waals surface area contributed by atoms with Crippen molar-refractivity contribution in [3.8, 4) is 0 Å². The lowest BCUT2D eigenvalue weighted by molar-refractivity contribution is -0.124. The molecule has 0 radical (unpaired) electrons. The SMILES string of the molecule is CCCCCCCCCCCCCCCCCCCCCCCC(=O)NC(CO)C(O)C(O)CCCCCCCCCCCCCCCCCCC. The van der Waals surface area contributed by atoms with E-state index in [1.165, 1.54) is 212 Å². The number of nitrogens with one attached hydrogen (secondary N) is 1. The number of unbranched alkanes of at least 4 members (excludes halogenated alkanes) is 36. The highest BCUT2D eigenvalue weighted by Gasteiger charge is 2.26. The molecule has 3 atom stereocenters. The number of hydrogen-bond acceptors (Lipinski definition) is 4. The van der Waals surface area contributed by atoms with E-state index in [4.69, 9.17) is 0 Å². The molecule has 0 aliphatic rings. The van der Waals surface area contributed by atoms with E-state index in [0.29, 0.717) is 12.8 Å². The molecule has 0 heterocycles. The predicted molar refractivity (Wildman–Crippen MR) is 227 cm³/mol. The molecule has 0 fully saturated rings. The van der Waals surface area contributed by atoms with Crippen molar-refractivity contribution in [1.82, 2.24) is 5.32 Å². The lowest BCUT2D eigenvalue weighted by Gasteiger charge is -2.26. The van der Waals surface area contributed by atoms with Crippen LogP contribution >= 0.6 is 0 Å². The third kappa shape index (κ3) is 37.7. The van der Waals surface area contributed by atoms with Crippen LogP contribution in [0.1, 0.15) is 271 Å². The Morgan fingerprint density at radius 2 is 0.654 bits per heavy atom. The zero-order valence-corrected chi connectivity index (χ0v) is 35.5. The van der Waals surface area contributed by atoms with E-state index < -0.39 is 18.2 Å². The topological polar surface area (TPSA) is 89.8 Å². The van der Waals surface area contributed by atoms with E-state index >= 15 is 0 Å². The summed E-state index contributed by atoms with van der Waals surface area (Å²) < 4.78 is 0. The Morgan fingerprint density at radius 3 is 0.923 bits per heavy atom. The highest BCUT2D eigenvalue weighted by Crippen LogP contribution is 2.17. The molecule has 0 saturated heterocycles.